The number of hydrogen-bond acceptors (Lipinski definition) is 2. The highest BCUT2D eigenvalue weighted by Crippen LogP contribution is 2.23. The van der Waals surface area contributed by atoms with E-state index in [1.165, 1.54) is 0 Å². The summed E-state index contributed by atoms with van der Waals surface area (Å²) in [7, 11) is 0. The molecule has 2 nitrogen and oxygen atoms in total. The summed E-state index contributed by atoms with van der Waals surface area (Å²) in [6.07, 6.45) is 7.31. The van der Waals surface area contributed by atoms with Gasteiger partial charge < -0.3 is 4.74 Å². The first kappa shape index (κ1) is 14.9. The molecule has 1 heterocycles. The molecule has 0 spiro atoms. The lowest BCUT2D eigenvalue weighted by Crippen LogP contribution is -1.96. The van der Waals surface area contributed by atoms with Crippen LogP contribution in [0.2, 0.25) is 0 Å². The summed E-state index contributed by atoms with van der Waals surface area (Å²) in [5.41, 5.74) is 5.23. The van der Waals surface area contributed by atoms with Gasteiger partial charge in [0.2, 0.25) is 5.88 Å². The summed E-state index contributed by atoms with van der Waals surface area (Å²) in [4.78, 5) is 4.38. The minimum Gasteiger partial charge on any atom is -0.473 e. The van der Waals surface area contributed by atoms with Crippen LogP contribution in [0.3, 0.4) is 0 Å². The molecule has 0 aliphatic heterocycles. The Morgan fingerprint density at radius 3 is 2.52 bits per heavy atom. The van der Waals surface area contributed by atoms with Gasteiger partial charge in [-0.3, -0.25) is 0 Å². The predicted molar refractivity (Wildman–Crippen MR) is 93.1 cm³/mol. The second-order valence-corrected chi connectivity index (χ2v) is 5.39. The SMILES string of the molecule is C#Cc1cc(C)cc(-c2ccc(OCc3ccccc3)nc2)c1. The molecule has 0 aliphatic carbocycles. The van der Waals surface area contributed by atoms with Gasteiger partial charge in [0.1, 0.15) is 6.61 Å². The van der Waals surface area contributed by atoms with Crippen LogP contribution in [0, 0.1) is 19.3 Å². The van der Waals surface area contributed by atoms with E-state index >= 15 is 0 Å². The van der Waals surface area contributed by atoms with Gasteiger partial charge in [-0.05, 0) is 41.8 Å². The fourth-order valence-corrected chi connectivity index (χ4v) is 2.40. The Bertz CT molecular complexity index is 830. The van der Waals surface area contributed by atoms with Crippen molar-refractivity contribution < 1.29 is 4.74 Å². The van der Waals surface area contributed by atoms with E-state index in [2.05, 4.69) is 17.0 Å². The zero-order chi connectivity index (χ0) is 16.1. The molecule has 3 aromatic rings. The average molecular weight is 299 g/mol. The van der Waals surface area contributed by atoms with E-state index in [1.807, 2.05) is 67.7 Å². The molecule has 0 amide bonds. The number of nitrogens with zero attached hydrogens (tertiary/aromatic N) is 1. The molecule has 1 aromatic heterocycles. The maximum atomic E-state index is 5.71. The van der Waals surface area contributed by atoms with Crippen LogP contribution in [0.4, 0.5) is 0 Å². The number of terminal acetylenes is 1. The smallest absolute Gasteiger partial charge is 0.213 e. The van der Waals surface area contributed by atoms with E-state index in [0.29, 0.717) is 12.5 Å². The number of hydrogen-bond donors (Lipinski definition) is 0. The molecule has 23 heavy (non-hydrogen) atoms. The van der Waals surface area contributed by atoms with Crippen molar-refractivity contribution in [3.63, 3.8) is 0 Å². The first-order valence-corrected chi connectivity index (χ1v) is 7.46. The van der Waals surface area contributed by atoms with Crippen molar-refractivity contribution in [3.8, 4) is 29.4 Å². The van der Waals surface area contributed by atoms with Crippen LogP contribution in [-0.4, -0.2) is 4.98 Å². The molecule has 0 saturated carbocycles. The van der Waals surface area contributed by atoms with E-state index < -0.39 is 0 Å². The van der Waals surface area contributed by atoms with Crippen LogP contribution in [0.1, 0.15) is 16.7 Å². The highest BCUT2D eigenvalue weighted by Gasteiger charge is 2.03. The van der Waals surface area contributed by atoms with Crippen LogP contribution in [0.15, 0.2) is 66.9 Å². The Hall–Kier alpha value is -3.05. The summed E-state index contributed by atoms with van der Waals surface area (Å²) in [6, 6.07) is 20.0. The normalized spacial score (nSPS) is 10.1. The lowest BCUT2D eigenvalue weighted by atomic mass is 10.0. The molecule has 0 atom stereocenters. The van der Waals surface area contributed by atoms with E-state index in [0.717, 1.165) is 27.8 Å². The van der Waals surface area contributed by atoms with Crippen LogP contribution in [0.25, 0.3) is 11.1 Å². The molecule has 0 fully saturated rings. The fourth-order valence-electron chi connectivity index (χ4n) is 2.40. The molecule has 0 radical (unpaired) electrons. The van der Waals surface area contributed by atoms with Crippen LogP contribution in [-0.2, 0) is 6.61 Å². The number of aryl methyl sites for hydroxylation is 1. The average Bonchev–Trinajstić information content (AvgIpc) is 2.60. The molecule has 3 rings (SSSR count). The summed E-state index contributed by atoms with van der Waals surface area (Å²) < 4.78 is 5.71. The second-order valence-electron chi connectivity index (χ2n) is 5.39. The number of ether oxygens (including phenoxy) is 1. The van der Waals surface area contributed by atoms with Gasteiger partial charge in [0.25, 0.3) is 0 Å². The molecule has 0 saturated heterocycles. The van der Waals surface area contributed by atoms with Crippen LogP contribution < -0.4 is 4.74 Å². The van der Waals surface area contributed by atoms with Gasteiger partial charge in [0, 0.05) is 23.4 Å². The highest BCUT2D eigenvalue weighted by atomic mass is 16.5. The first-order chi connectivity index (χ1) is 11.2. The van der Waals surface area contributed by atoms with Gasteiger partial charge in [-0.1, -0.05) is 42.3 Å². The van der Waals surface area contributed by atoms with Crippen molar-refractivity contribution in [1.29, 1.82) is 0 Å². The van der Waals surface area contributed by atoms with E-state index in [4.69, 9.17) is 11.2 Å². The van der Waals surface area contributed by atoms with E-state index in [1.54, 1.807) is 0 Å². The molecule has 112 valence electrons. The number of pyridine rings is 1. The third-order valence-electron chi connectivity index (χ3n) is 3.54. The fraction of sp³-hybridized carbons (Fsp3) is 0.0952. The van der Waals surface area contributed by atoms with Gasteiger partial charge in [0.05, 0.1) is 0 Å². The Morgan fingerprint density at radius 1 is 1.00 bits per heavy atom. The topological polar surface area (TPSA) is 22.1 Å². The minimum absolute atomic E-state index is 0.513. The summed E-state index contributed by atoms with van der Waals surface area (Å²) >= 11 is 0. The lowest BCUT2D eigenvalue weighted by Gasteiger charge is -2.07. The third kappa shape index (κ3) is 3.78. The van der Waals surface area contributed by atoms with Gasteiger partial charge in [0.15, 0.2) is 0 Å². The van der Waals surface area contributed by atoms with Crippen molar-refractivity contribution in [1.82, 2.24) is 4.98 Å². The summed E-state index contributed by atoms with van der Waals surface area (Å²) in [5, 5.41) is 0. The Balaban J connectivity index is 1.75. The molecule has 0 N–H and O–H groups in total. The zero-order valence-electron chi connectivity index (χ0n) is 13.0. The minimum atomic E-state index is 0.513. The lowest BCUT2D eigenvalue weighted by molar-refractivity contribution is 0.294. The molecule has 2 heteroatoms. The maximum Gasteiger partial charge on any atom is 0.213 e. The standard InChI is InChI=1S/C21H17NO/c1-3-17-11-16(2)12-20(13-17)19-9-10-21(22-14-19)23-15-18-7-5-4-6-8-18/h1,4-14H,15H2,2H3. The maximum absolute atomic E-state index is 5.71. The number of benzene rings is 2. The third-order valence-corrected chi connectivity index (χ3v) is 3.54. The van der Waals surface area contributed by atoms with E-state index in [-0.39, 0.29) is 0 Å². The molecular weight excluding hydrogens is 282 g/mol. The van der Waals surface area contributed by atoms with Gasteiger partial charge in [-0.2, -0.15) is 0 Å². The summed E-state index contributed by atoms with van der Waals surface area (Å²) in [6.45, 7) is 2.55. The van der Waals surface area contributed by atoms with Gasteiger partial charge in [-0.15, -0.1) is 6.42 Å². The Labute approximate surface area is 136 Å². The van der Waals surface area contributed by atoms with Gasteiger partial charge >= 0.3 is 0 Å². The zero-order valence-corrected chi connectivity index (χ0v) is 13.0. The molecule has 2 aromatic carbocycles. The van der Waals surface area contributed by atoms with Gasteiger partial charge in [-0.25, -0.2) is 4.98 Å². The largest absolute Gasteiger partial charge is 0.473 e. The highest BCUT2D eigenvalue weighted by molar-refractivity contribution is 5.65. The molecule has 0 aliphatic rings. The molecular formula is C21H17NO. The Kier molecular flexibility index (Phi) is 4.40. The van der Waals surface area contributed by atoms with Crippen molar-refractivity contribution in [2.75, 3.05) is 0 Å². The summed E-state index contributed by atoms with van der Waals surface area (Å²) in [5.74, 6) is 3.30. The van der Waals surface area contributed by atoms with Crippen molar-refractivity contribution in [2.45, 2.75) is 13.5 Å². The monoisotopic (exact) mass is 299 g/mol. The van der Waals surface area contributed by atoms with Crippen LogP contribution >= 0.6 is 0 Å². The molecule has 0 bridgehead atoms. The quantitative estimate of drug-likeness (QED) is 0.656. The van der Waals surface area contributed by atoms with Crippen molar-refractivity contribution in [3.05, 3.63) is 83.6 Å². The van der Waals surface area contributed by atoms with Crippen molar-refractivity contribution >= 4 is 0 Å². The molecule has 0 unspecified atom stereocenters. The first-order valence-electron chi connectivity index (χ1n) is 7.46. The predicted octanol–water partition coefficient (Wildman–Crippen LogP) is 4.62. The number of rotatable bonds is 4. The van der Waals surface area contributed by atoms with Crippen LogP contribution in [0.5, 0.6) is 5.88 Å². The Morgan fingerprint density at radius 2 is 1.83 bits per heavy atom. The number of aromatic nitrogens is 1. The van der Waals surface area contributed by atoms with E-state index in [9.17, 15) is 0 Å². The second kappa shape index (κ2) is 6.81. The van der Waals surface area contributed by atoms with Crippen molar-refractivity contribution in [2.24, 2.45) is 0 Å².